The van der Waals surface area contributed by atoms with E-state index in [-0.39, 0.29) is 17.4 Å². The first-order valence-corrected chi connectivity index (χ1v) is 8.92. The predicted octanol–water partition coefficient (Wildman–Crippen LogP) is 4.60. The van der Waals surface area contributed by atoms with Gasteiger partial charge in [0.05, 0.1) is 5.52 Å². The Kier molecular flexibility index (Phi) is 5.21. The monoisotopic (exact) mass is 348 g/mol. The first-order valence-electron chi connectivity index (χ1n) is 8.92. The number of aryl methyl sites for hydroxylation is 1. The van der Waals surface area contributed by atoms with E-state index in [1.807, 2.05) is 36.4 Å². The number of hydrogen-bond donors (Lipinski definition) is 2. The number of amides is 1. The molecule has 4 heteroatoms. The molecule has 1 aromatic heterocycles. The lowest BCUT2D eigenvalue weighted by Gasteiger charge is -2.21. The Morgan fingerprint density at radius 3 is 2.50 bits per heavy atom. The summed E-state index contributed by atoms with van der Waals surface area (Å²) < 4.78 is 0. The number of aromatic nitrogens is 1. The van der Waals surface area contributed by atoms with Crippen LogP contribution in [0.15, 0.2) is 59.4 Å². The van der Waals surface area contributed by atoms with Gasteiger partial charge in [-0.05, 0) is 47.9 Å². The Balaban J connectivity index is 1.77. The molecule has 1 atom stereocenters. The molecule has 134 valence electrons. The summed E-state index contributed by atoms with van der Waals surface area (Å²) in [5.74, 6) is 0.500. The molecule has 0 spiro atoms. The van der Waals surface area contributed by atoms with Gasteiger partial charge in [0.2, 0.25) is 5.91 Å². The summed E-state index contributed by atoms with van der Waals surface area (Å²) in [5, 5.41) is 3.91. The maximum absolute atomic E-state index is 12.6. The molecular weight excluding hydrogens is 324 g/mol. The molecule has 26 heavy (non-hydrogen) atoms. The molecule has 1 unspecified atom stereocenters. The quantitative estimate of drug-likeness (QED) is 0.707. The van der Waals surface area contributed by atoms with Crippen molar-refractivity contribution in [1.29, 1.82) is 0 Å². The molecule has 0 bridgehead atoms. The van der Waals surface area contributed by atoms with Crippen LogP contribution >= 0.6 is 0 Å². The molecule has 0 fully saturated rings. The van der Waals surface area contributed by atoms with Crippen LogP contribution in [0.3, 0.4) is 0 Å². The Hall–Kier alpha value is -2.88. The topological polar surface area (TPSA) is 62.0 Å². The standard InChI is InChI=1S/C22H24N2O2/c1-14(2)19(16-7-5-4-6-8-16)13-21(25)23-18-10-9-17-11-15(3)22(26)24-20(17)12-18/h4-12,14,19H,13H2,1-3H3,(H,23,25)(H,24,26). The van der Waals surface area contributed by atoms with Gasteiger partial charge in [0.1, 0.15) is 0 Å². The maximum atomic E-state index is 12.6. The number of pyridine rings is 1. The molecule has 1 heterocycles. The van der Waals surface area contributed by atoms with Crippen molar-refractivity contribution >= 4 is 22.5 Å². The molecular formula is C22H24N2O2. The van der Waals surface area contributed by atoms with Crippen molar-refractivity contribution in [1.82, 2.24) is 4.98 Å². The van der Waals surface area contributed by atoms with Crippen LogP contribution in [0.1, 0.15) is 37.3 Å². The van der Waals surface area contributed by atoms with Gasteiger partial charge < -0.3 is 10.3 Å². The summed E-state index contributed by atoms with van der Waals surface area (Å²) in [5.41, 5.74) is 3.16. The SMILES string of the molecule is Cc1cc2ccc(NC(=O)CC(c3ccccc3)C(C)C)cc2[nH]c1=O. The average molecular weight is 348 g/mol. The first-order chi connectivity index (χ1) is 12.4. The number of fused-ring (bicyclic) bond motifs is 1. The van der Waals surface area contributed by atoms with Crippen LogP contribution in [0, 0.1) is 12.8 Å². The van der Waals surface area contributed by atoms with E-state index in [4.69, 9.17) is 0 Å². The number of H-pyrrole nitrogens is 1. The largest absolute Gasteiger partial charge is 0.326 e. The maximum Gasteiger partial charge on any atom is 0.251 e. The number of anilines is 1. The smallest absolute Gasteiger partial charge is 0.251 e. The van der Waals surface area contributed by atoms with Crippen LogP contribution in [0.4, 0.5) is 5.69 Å². The lowest BCUT2D eigenvalue weighted by molar-refractivity contribution is -0.116. The molecule has 0 radical (unpaired) electrons. The third kappa shape index (κ3) is 4.02. The van der Waals surface area contributed by atoms with Crippen molar-refractivity contribution in [2.75, 3.05) is 5.32 Å². The number of hydrogen-bond acceptors (Lipinski definition) is 2. The second-order valence-corrected chi connectivity index (χ2v) is 7.10. The summed E-state index contributed by atoms with van der Waals surface area (Å²) >= 11 is 0. The third-order valence-electron chi connectivity index (χ3n) is 4.75. The van der Waals surface area contributed by atoms with E-state index in [2.05, 4.69) is 36.3 Å². The molecule has 0 aliphatic rings. The lowest BCUT2D eigenvalue weighted by Crippen LogP contribution is -2.18. The summed E-state index contributed by atoms with van der Waals surface area (Å²) in [4.78, 5) is 27.2. The molecule has 4 nitrogen and oxygen atoms in total. The molecule has 3 rings (SSSR count). The molecule has 0 aliphatic carbocycles. The van der Waals surface area contributed by atoms with Crippen molar-refractivity contribution in [3.63, 3.8) is 0 Å². The van der Waals surface area contributed by atoms with E-state index >= 15 is 0 Å². The fraction of sp³-hybridized carbons (Fsp3) is 0.273. The van der Waals surface area contributed by atoms with Crippen molar-refractivity contribution < 1.29 is 4.79 Å². The zero-order valence-corrected chi connectivity index (χ0v) is 15.4. The van der Waals surface area contributed by atoms with Gasteiger partial charge in [-0.3, -0.25) is 9.59 Å². The summed E-state index contributed by atoms with van der Waals surface area (Å²) in [6.45, 7) is 6.05. The normalized spacial score (nSPS) is 12.3. The first kappa shape index (κ1) is 17.9. The minimum Gasteiger partial charge on any atom is -0.326 e. The highest BCUT2D eigenvalue weighted by molar-refractivity contribution is 5.94. The molecule has 3 aromatic rings. The van der Waals surface area contributed by atoms with Crippen LogP contribution in [0.2, 0.25) is 0 Å². The number of aromatic amines is 1. The van der Waals surface area contributed by atoms with Crippen molar-refractivity contribution in [2.45, 2.75) is 33.1 Å². The molecule has 2 aromatic carbocycles. The Morgan fingerprint density at radius 2 is 1.81 bits per heavy atom. The van der Waals surface area contributed by atoms with Crippen molar-refractivity contribution in [2.24, 2.45) is 5.92 Å². The van der Waals surface area contributed by atoms with E-state index in [9.17, 15) is 9.59 Å². The van der Waals surface area contributed by atoms with Crippen molar-refractivity contribution in [3.05, 3.63) is 76.1 Å². The summed E-state index contributed by atoms with van der Waals surface area (Å²) in [6, 6.07) is 17.6. The number of rotatable bonds is 5. The van der Waals surface area contributed by atoms with Crippen LogP contribution in [-0.2, 0) is 4.79 Å². The molecule has 2 N–H and O–H groups in total. The van der Waals surface area contributed by atoms with Gasteiger partial charge in [-0.2, -0.15) is 0 Å². The zero-order valence-electron chi connectivity index (χ0n) is 15.4. The zero-order chi connectivity index (χ0) is 18.7. The number of carbonyl (C=O) groups excluding carboxylic acids is 1. The molecule has 1 amide bonds. The molecule has 0 saturated heterocycles. The van der Waals surface area contributed by atoms with E-state index < -0.39 is 0 Å². The van der Waals surface area contributed by atoms with E-state index in [0.29, 0.717) is 23.6 Å². The van der Waals surface area contributed by atoms with E-state index in [1.54, 1.807) is 13.0 Å². The van der Waals surface area contributed by atoms with E-state index in [0.717, 1.165) is 10.9 Å². The third-order valence-corrected chi connectivity index (χ3v) is 4.75. The van der Waals surface area contributed by atoms with Crippen LogP contribution < -0.4 is 10.9 Å². The summed E-state index contributed by atoms with van der Waals surface area (Å²) in [7, 11) is 0. The Bertz CT molecular complexity index is 974. The number of carbonyl (C=O) groups is 1. The van der Waals surface area contributed by atoms with E-state index in [1.165, 1.54) is 5.56 Å². The minimum absolute atomic E-state index is 0.0265. The van der Waals surface area contributed by atoms with Gasteiger partial charge in [0.25, 0.3) is 5.56 Å². The highest BCUT2D eigenvalue weighted by Gasteiger charge is 2.19. The van der Waals surface area contributed by atoms with Gasteiger partial charge >= 0.3 is 0 Å². The molecule has 0 saturated carbocycles. The van der Waals surface area contributed by atoms with Gasteiger partial charge in [0, 0.05) is 17.7 Å². The average Bonchev–Trinajstić information content (AvgIpc) is 2.61. The van der Waals surface area contributed by atoms with Crippen molar-refractivity contribution in [3.8, 4) is 0 Å². The summed E-state index contributed by atoms with van der Waals surface area (Å²) in [6.07, 6.45) is 0.421. The highest BCUT2D eigenvalue weighted by Crippen LogP contribution is 2.28. The predicted molar refractivity (Wildman–Crippen MR) is 107 cm³/mol. The number of benzene rings is 2. The van der Waals surface area contributed by atoms with Crippen LogP contribution in [-0.4, -0.2) is 10.9 Å². The second kappa shape index (κ2) is 7.56. The second-order valence-electron chi connectivity index (χ2n) is 7.10. The van der Waals surface area contributed by atoms with Gasteiger partial charge in [-0.15, -0.1) is 0 Å². The lowest BCUT2D eigenvalue weighted by atomic mass is 9.85. The van der Waals surface area contributed by atoms with Crippen LogP contribution in [0.25, 0.3) is 10.9 Å². The fourth-order valence-corrected chi connectivity index (χ4v) is 3.24. The van der Waals surface area contributed by atoms with Gasteiger partial charge in [0.15, 0.2) is 0 Å². The van der Waals surface area contributed by atoms with Gasteiger partial charge in [-0.1, -0.05) is 50.2 Å². The highest BCUT2D eigenvalue weighted by atomic mass is 16.1. The van der Waals surface area contributed by atoms with Crippen LogP contribution in [0.5, 0.6) is 0 Å². The Morgan fingerprint density at radius 1 is 1.08 bits per heavy atom. The Labute approximate surface area is 153 Å². The van der Waals surface area contributed by atoms with Gasteiger partial charge in [-0.25, -0.2) is 0 Å². The number of nitrogens with one attached hydrogen (secondary N) is 2. The molecule has 0 aliphatic heterocycles. The fourth-order valence-electron chi connectivity index (χ4n) is 3.24. The minimum atomic E-state index is -0.107.